The molecule has 0 aliphatic carbocycles. The molecule has 4 rings (SSSR count). The Labute approximate surface area is 109 Å². The Bertz CT molecular complexity index is 500. The zero-order chi connectivity index (χ0) is 13.0. The Morgan fingerprint density at radius 3 is 2.50 bits per heavy atom. The van der Waals surface area contributed by atoms with Crippen LogP contribution in [0.4, 0.5) is 0 Å². The van der Waals surface area contributed by atoms with E-state index in [-0.39, 0.29) is 0 Å². The van der Waals surface area contributed by atoms with E-state index in [1.54, 1.807) is 0 Å². The van der Waals surface area contributed by atoms with Gasteiger partial charge in [-0.3, -0.25) is 4.48 Å². The van der Waals surface area contributed by atoms with Crippen LogP contribution < -0.4 is 0 Å². The Kier molecular flexibility index (Phi) is 2.45. The average molecular weight is 244 g/mol. The van der Waals surface area contributed by atoms with Gasteiger partial charge in [0.15, 0.2) is 5.60 Å². The van der Waals surface area contributed by atoms with Crippen molar-refractivity contribution in [2.75, 3.05) is 20.1 Å². The Balaban J connectivity index is 2.15. The standard InChI is InChI=1S/C16H22NO/c1-12-6-4-5-7-15(12)16(18)13(2)17(3)10-8-14(16)9-11-17/h4-7,14,18H,2,8-11H2,1,3H3/q+1. The van der Waals surface area contributed by atoms with Crippen LogP contribution in [0.25, 0.3) is 0 Å². The van der Waals surface area contributed by atoms with Crippen molar-refractivity contribution in [2.45, 2.75) is 25.4 Å². The highest BCUT2D eigenvalue weighted by molar-refractivity contribution is 5.38. The highest BCUT2D eigenvalue weighted by Crippen LogP contribution is 2.52. The van der Waals surface area contributed by atoms with Crippen LogP contribution >= 0.6 is 0 Å². The van der Waals surface area contributed by atoms with Crippen LogP contribution in [0.3, 0.4) is 0 Å². The van der Waals surface area contributed by atoms with Gasteiger partial charge < -0.3 is 5.11 Å². The summed E-state index contributed by atoms with van der Waals surface area (Å²) in [5.41, 5.74) is 2.39. The second-order valence-electron chi connectivity index (χ2n) is 6.15. The molecule has 0 saturated carbocycles. The minimum atomic E-state index is -0.823. The number of nitrogens with zero attached hydrogens (tertiary/aromatic N) is 1. The third-order valence-electron chi connectivity index (χ3n) is 5.18. The Hall–Kier alpha value is -1.12. The topological polar surface area (TPSA) is 20.2 Å². The second kappa shape index (κ2) is 3.69. The molecule has 2 heteroatoms. The SMILES string of the molecule is C=C1C(O)(c2ccccc2C)C2CC[N+]1(C)CC2. The number of aliphatic hydroxyl groups is 1. The summed E-state index contributed by atoms with van der Waals surface area (Å²) in [5, 5.41) is 11.3. The molecule has 0 amide bonds. The van der Waals surface area contributed by atoms with Crippen molar-refractivity contribution < 1.29 is 9.59 Å². The van der Waals surface area contributed by atoms with Gasteiger partial charge in [0.25, 0.3) is 0 Å². The van der Waals surface area contributed by atoms with Crippen molar-refractivity contribution >= 4 is 0 Å². The molecular formula is C16H22NO+. The van der Waals surface area contributed by atoms with Crippen molar-refractivity contribution in [3.05, 3.63) is 47.7 Å². The lowest BCUT2D eigenvalue weighted by Crippen LogP contribution is -2.63. The number of hydrogen-bond donors (Lipinski definition) is 1. The molecule has 0 aromatic heterocycles. The molecule has 1 aromatic rings. The number of aryl methyl sites for hydroxylation is 1. The van der Waals surface area contributed by atoms with E-state index >= 15 is 0 Å². The Morgan fingerprint density at radius 2 is 1.89 bits per heavy atom. The smallest absolute Gasteiger partial charge is 0.166 e. The molecule has 1 atom stereocenters. The van der Waals surface area contributed by atoms with E-state index in [0.717, 1.165) is 41.7 Å². The van der Waals surface area contributed by atoms with Gasteiger partial charge in [-0.2, -0.15) is 0 Å². The number of fused-ring (bicyclic) bond motifs is 3. The van der Waals surface area contributed by atoms with Crippen LogP contribution in [0.5, 0.6) is 0 Å². The first kappa shape index (κ1) is 11.9. The minimum absolute atomic E-state index is 0.339. The largest absolute Gasteiger partial charge is 0.375 e. The molecular weight excluding hydrogens is 222 g/mol. The summed E-state index contributed by atoms with van der Waals surface area (Å²) >= 11 is 0. The molecule has 0 radical (unpaired) electrons. The third-order valence-corrected chi connectivity index (χ3v) is 5.18. The molecule has 3 saturated heterocycles. The molecule has 18 heavy (non-hydrogen) atoms. The van der Waals surface area contributed by atoms with E-state index in [1.807, 2.05) is 12.1 Å². The maximum atomic E-state index is 11.3. The van der Waals surface area contributed by atoms with Gasteiger partial charge in [-0.25, -0.2) is 0 Å². The lowest BCUT2D eigenvalue weighted by molar-refractivity contribution is -0.896. The molecule has 3 aliphatic heterocycles. The summed E-state index contributed by atoms with van der Waals surface area (Å²) in [4.78, 5) is 0. The summed E-state index contributed by atoms with van der Waals surface area (Å²) in [6.07, 6.45) is 2.20. The first-order chi connectivity index (χ1) is 8.48. The van der Waals surface area contributed by atoms with Gasteiger partial charge in [0.05, 0.1) is 20.1 Å². The van der Waals surface area contributed by atoms with Crippen LogP contribution in [-0.2, 0) is 5.60 Å². The first-order valence-electron chi connectivity index (χ1n) is 6.81. The van der Waals surface area contributed by atoms with Crippen LogP contribution in [0.1, 0.15) is 24.0 Å². The first-order valence-corrected chi connectivity index (χ1v) is 6.81. The van der Waals surface area contributed by atoms with E-state index in [1.165, 1.54) is 5.56 Å². The maximum Gasteiger partial charge on any atom is 0.166 e. The molecule has 0 spiro atoms. The predicted octanol–water partition coefficient (Wildman–Crippen LogP) is 2.57. The van der Waals surface area contributed by atoms with Crippen LogP contribution in [0, 0.1) is 12.8 Å². The van der Waals surface area contributed by atoms with Crippen molar-refractivity contribution in [3.63, 3.8) is 0 Å². The van der Waals surface area contributed by atoms with Gasteiger partial charge in [-0.1, -0.05) is 24.3 Å². The molecule has 1 aromatic carbocycles. The second-order valence-corrected chi connectivity index (χ2v) is 6.15. The van der Waals surface area contributed by atoms with Crippen molar-refractivity contribution in [2.24, 2.45) is 5.92 Å². The number of hydrogen-bond acceptors (Lipinski definition) is 1. The van der Waals surface area contributed by atoms with E-state index in [2.05, 4.69) is 32.7 Å². The van der Waals surface area contributed by atoms with Gasteiger partial charge in [-0.15, -0.1) is 0 Å². The summed E-state index contributed by atoms with van der Waals surface area (Å²) in [6, 6.07) is 8.19. The fraction of sp³-hybridized carbons (Fsp3) is 0.500. The van der Waals surface area contributed by atoms with Crippen molar-refractivity contribution in [1.82, 2.24) is 0 Å². The molecule has 1 N–H and O–H groups in total. The minimum Gasteiger partial charge on any atom is -0.375 e. The number of piperidine rings is 3. The number of benzene rings is 1. The normalized spacial score (nSPS) is 39.1. The molecule has 2 bridgehead atoms. The summed E-state index contributed by atoms with van der Waals surface area (Å²) in [6.45, 7) is 8.59. The lowest BCUT2D eigenvalue weighted by Gasteiger charge is -2.55. The molecule has 2 nitrogen and oxygen atoms in total. The van der Waals surface area contributed by atoms with Crippen molar-refractivity contribution in [3.8, 4) is 0 Å². The highest BCUT2D eigenvalue weighted by Gasteiger charge is 2.57. The van der Waals surface area contributed by atoms with Crippen LogP contribution in [-0.4, -0.2) is 29.7 Å². The monoisotopic (exact) mass is 244 g/mol. The number of quaternary nitrogens is 1. The van der Waals surface area contributed by atoms with Crippen LogP contribution in [0.15, 0.2) is 36.5 Å². The van der Waals surface area contributed by atoms with E-state index in [4.69, 9.17) is 0 Å². The molecule has 3 fully saturated rings. The molecule has 1 unspecified atom stereocenters. The third kappa shape index (κ3) is 1.36. The Morgan fingerprint density at radius 1 is 1.28 bits per heavy atom. The zero-order valence-electron chi connectivity index (χ0n) is 11.3. The quantitative estimate of drug-likeness (QED) is 0.753. The van der Waals surface area contributed by atoms with E-state index in [9.17, 15) is 5.11 Å². The average Bonchev–Trinajstić information content (AvgIpc) is 2.37. The highest BCUT2D eigenvalue weighted by atomic mass is 16.3. The number of rotatable bonds is 1. The summed E-state index contributed by atoms with van der Waals surface area (Å²) in [7, 11) is 2.21. The predicted molar refractivity (Wildman–Crippen MR) is 72.9 cm³/mol. The van der Waals surface area contributed by atoms with E-state index in [0.29, 0.717) is 5.92 Å². The van der Waals surface area contributed by atoms with Gasteiger partial charge >= 0.3 is 0 Å². The molecule has 3 aliphatic rings. The maximum absolute atomic E-state index is 11.3. The lowest BCUT2D eigenvalue weighted by atomic mass is 9.67. The van der Waals surface area contributed by atoms with Crippen molar-refractivity contribution in [1.29, 1.82) is 0 Å². The zero-order valence-corrected chi connectivity index (χ0v) is 11.3. The fourth-order valence-electron chi connectivity index (χ4n) is 3.85. The summed E-state index contributed by atoms with van der Waals surface area (Å²) < 4.78 is 0.835. The molecule has 3 heterocycles. The van der Waals surface area contributed by atoms with Gasteiger partial charge in [0, 0.05) is 18.8 Å². The van der Waals surface area contributed by atoms with Gasteiger partial charge in [0.2, 0.25) is 0 Å². The van der Waals surface area contributed by atoms with Gasteiger partial charge in [0.1, 0.15) is 5.70 Å². The fourth-order valence-corrected chi connectivity index (χ4v) is 3.85. The van der Waals surface area contributed by atoms with E-state index < -0.39 is 5.60 Å². The van der Waals surface area contributed by atoms with Gasteiger partial charge in [-0.05, 0) is 24.6 Å². The van der Waals surface area contributed by atoms with Crippen LogP contribution in [0.2, 0.25) is 0 Å². The number of likely N-dealkylation sites (N-methyl/N-ethyl adjacent to an activating group) is 1. The molecule has 96 valence electrons. The summed E-state index contributed by atoms with van der Waals surface area (Å²) in [5.74, 6) is 0.339.